The number of ether oxygens (including phenoxy) is 1. The summed E-state index contributed by atoms with van der Waals surface area (Å²) in [6.45, 7) is 1.58. The highest BCUT2D eigenvalue weighted by atomic mass is 79.9. The van der Waals surface area contributed by atoms with Crippen molar-refractivity contribution in [1.29, 1.82) is 0 Å². The Morgan fingerprint density at radius 1 is 1.24 bits per heavy atom. The molecular weight excluding hydrogens is 409 g/mol. The summed E-state index contributed by atoms with van der Waals surface area (Å²) >= 11 is 9.48. The van der Waals surface area contributed by atoms with Crippen LogP contribution in [0.3, 0.4) is 0 Å². The molecule has 25 heavy (non-hydrogen) atoms. The van der Waals surface area contributed by atoms with Crippen molar-refractivity contribution in [2.75, 3.05) is 19.8 Å². The Morgan fingerprint density at radius 3 is 2.72 bits per heavy atom. The summed E-state index contributed by atoms with van der Waals surface area (Å²) in [6, 6.07) is 11.7. The highest BCUT2D eigenvalue weighted by molar-refractivity contribution is 9.10. The Hall–Kier alpha value is -1.43. The number of benzene rings is 2. The van der Waals surface area contributed by atoms with Gasteiger partial charge in [0, 0.05) is 29.6 Å². The summed E-state index contributed by atoms with van der Waals surface area (Å²) in [5, 5.41) is 3.37. The summed E-state index contributed by atoms with van der Waals surface area (Å²) in [6.07, 6.45) is 1.45. The molecule has 0 atom stereocenters. The molecule has 0 saturated carbocycles. The average Bonchev–Trinajstić information content (AvgIpc) is 2.62. The molecule has 1 fully saturated rings. The van der Waals surface area contributed by atoms with Crippen LogP contribution in [0.25, 0.3) is 0 Å². The SMILES string of the molecule is O=C(NCC1(c2cccc(F)c2)CCOCC1)c1cc(Br)ccc1Cl. The lowest BCUT2D eigenvalue weighted by molar-refractivity contribution is 0.0486. The Bertz CT molecular complexity index is 778. The van der Waals surface area contributed by atoms with E-state index in [1.807, 2.05) is 6.07 Å². The summed E-state index contributed by atoms with van der Waals surface area (Å²) < 4.78 is 20.0. The van der Waals surface area contributed by atoms with Crippen LogP contribution in [-0.4, -0.2) is 25.7 Å². The Balaban J connectivity index is 1.82. The summed E-state index contributed by atoms with van der Waals surface area (Å²) in [5.74, 6) is -0.515. The van der Waals surface area contributed by atoms with Crippen LogP contribution < -0.4 is 5.32 Å². The van der Waals surface area contributed by atoms with Gasteiger partial charge in [-0.15, -0.1) is 0 Å². The quantitative estimate of drug-likeness (QED) is 0.768. The van der Waals surface area contributed by atoms with E-state index < -0.39 is 0 Å². The zero-order valence-corrected chi connectivity index (χ0v) is 15.9. The van der Waals surface area contributed by atoms with Crippen LogP contribution in [0.5, 0.6) is 0 Å². The highest BCUT2D eigenvalue weighted by Crippen LogP contribution is 2.35. The molecule has 1 amide bonds. The lowest BCUT2D eigenvalue weighted by Crippen LogP contribution is -2.44. The largest absolute Gasteiger partial charge is 0.381 e. The Kier molecular flexibility index (Phi) is 5.77. The first-order valence-electron chi connectivity index (χ1n) is 8.07. The predicted molar refractivity (Wildman–Crippen MR) is 99.6 cm³/mol. The lowest BCUT2D eigenvalue weighted by atomic mass is 9.74. The number of hydrogen-bond donors (Lipinski definition) is 1. The van der Waals surface area contributed by atoms with Crippen LogP contribution in [0, 0.1) is 5.82 Å². The van der Waals surface area contributed by atoms with Gasteiger partial charge in [-0.25, -0.2) is 4.39 Å². The third-order valence-corrected chi connectivity index (χ3v) is 5.47. The van der Waals surface area contributed by atoms with E-state index in [0.717, 1.165) is 22.9 Å². The molecule has 0 bridgehead atoms. The van der Waals surface area contributed by atoms with E-state index in [-0.39, 0.29) is 17.1 Å². The standard InChI is InChI=1S/C19H18BrClFNO2/c20-14-4-5-17(21)16(11-14)18(24)23-12-19(6-8-25-9-7-19)13-2-1-3-15(22)10-13/h1-5,10-11H,6-9,12H2,(H,23,24). The summed E-state index contributed by atoms with van der Waals surface area (Å²) in [7, 11) is 0. The fourth-order valence-corrected chi connectivity index (χ4v) is 3.73. The van der Waals surface area contributed by atoms with Gasteiger partial charge in [0.15, 0.2) is 0 Å². The number of rotatable bonds is 4. The molecule has 2 aromatic rings. The van der Waals surface area contributed by atoms with Gasteiger partial charge in [-0.3, -0.25) is 4.79 Å². The molecule has 0 unspecified atom stereocenters. The molecule has 0 radical (unpaired) electrons. The summed E-state index contributed by atoms with van der Waals surface area (Å²) in [5.41, 5.74) is 0.961. The van der Waals surface area contributed by atoms with Gasteiger partial charge in [-0.1, -0.05) is 39.7 Å². The van der Waals surface area contributed by atoms with E-state index in [1.165, 1.54) is 6.07 Å². The van der Waals surface area contributed by atoms with Crippen molar-refractivity contribution in [3.05, 3.63) is 68.9 Å². The number of halogens is 3. The number of carbonyl (C=O) groups is 1. The van der Waals surface area contributed by atoms with Crippen molar-refractivity contribution in [1.82, 2.24) is 5.32 Å². The van der Waals surface area contributed by atoms with E-state index in [0.29, 0.717) is 30.3 Å². The van der Waals surface area contributed by atoms with Crippen molar-refractivity contribution in [2.45, 2.75) is 18.3 Å². The molecule has 132 valence electrons. The first kappa shape index (κ1) is 18.4. The van der Waals surface area contributed by atoms with E-state index in [1.54, 1.807) is 30.3 Å². The molecule has 1 saturated heterocycles. The van der Waals surface area contributed by atoms with Crippen LogP contribution >= 0.6 is 27.5 Å². The van der Waals surface area contributed by atoms with Gasteiger partial charge in [0.05, 0.1) is 10.6 Å². The average molecular weight is 427 g/mol. The first-order valence-corrected chi connectivity index (χ1v) is 9.24. The molecule has 0 aromatic heterocycles. The normalized spacial score (nSPS) is 16.4. The number of nitrogens with one attached hydrogen (secondary N) is 1. The molecule has 0 spiro atoms. The minimum absolute atomic E-state index is 0.242. The van der Waals surface area contributed by atoms with Crippen molar-refractivity contribution >= 4 is 33.4 Å². The molecule has 1 heterocycles. The van der Waals surface area contributed by atoms with Gasteiger partial charge >= 0.3 is 0 Å². The van der Waals surface area contributed by atoms with Crippen LogP contribution in [0.4, 0.5) is 4.39 Å². The maximum Gasteiger partial charge on any atom is 0.252 e. The second kappa shape index (κ2) is 7.85. The molecule has 1 aliphatic rings. The zero-order chi connectivity index (χ0) is 17.9. The molecule has 3 rings (SSSR count). The van der Waals surface area contributed by atoms with Crippen LogP contribution in [0.15, 0.2) is 46.9 Å². The van der Waals surface area contributed by atoms with Gasteiger partial charge < -0.3 is 10.1 Å². The van der Waals surface area contributed by atoms with E-state index in [4.69, 9.17) is 16.3 Å². The van der Waals surface area contributed by atoms with E-state index >= 15 is 0 Å². The topological polar surface area (TPSA) is 38.3 Å². The maximum absolute atomic E-state index is 13.7. The second-order valence-electron chi connectivity index (χ2n) is 6.21. The number of amides is 1. The molecule has 1 aliphatic heterocycles. The van der Waals surface area contributed by atoms with Crippen molar-refractivity contribution in [2.24, 2.45) is 0 Å². The van der Waals surface area contributed by atoms with Gasteiger partial charge in [0.25, 0.3) is 5.91 Å². The molecule has 6 heteroatoms. The fourth-order valence-electron chi connectivity index (χ4n) is 3.16. The number of carbonyl (C=O) groups excluding carboxylic acids is 1. The fraction of sp³-hybridized carbons (Fsp3) is 0.316. The van der Waals surface area contributed by atoms with Crippen LogP contribution in [0.2, 0.25) is 5.02 Å². The van der Waals surface area contributed by atoms with Crippen molar-refractivity contribution in [3.8, 4) is 0 Å². The Labute approximate surface area is 159 Å². The van der Waals surface area contributed by atoms with Crippen molar-refractivity contribution in [3.63, 3.8) is 0 Å². The molecule has 2 aromatic carbocycles. The molecular formula is C19H18BrClFNO2. The monoisotopic (exact) mass is 425 g/mol. The third-order valence-electron chi connectivity index (χ3n) is 4.65. The smallest absolute Gasteiger partial charge is 0.252 e. The minimum Gasteiger partial charge on any atom is -0.381 e. The maximum atomic E-state index is 13.7. The van der Waals surface area contributed by atoms with Gasteiger partial charge in [0.2, 0.25) is 0 Å². The third kappa shape index (κ3) is 4.22. The van der Waals surface area contributed by atoms with Gasteiger partial charge in [-0.05, 0) is 48.7 Å². The van der Waals surface area contributed by atoms with Crippen LogP contribution in [-0.2, 0) is 10.2 Å². The second-order valence-corrected chi connectivity index (χ2v) is 7.53. The molecule has 1 N–H and O–H groups in total. The van der Waals surface area contributed by atoms with Gasteiger partial charge in [-0.2, -0.15) is 0 Å². The minimum atomic E-state index is -0.339. The molecule has 0 aliphatic carbocycles. The Morgan fingerprint density at radius 2 is 2.00 bits per heavy atom. The molecule has 3 nitrogen and oxygen atoms in total. The first-order chi connectivity index (χ1) is 12.0. The summed E-state index contributed by atoms with van der Waals surface area (Å²) in [4.78, 5) is 12.6. The predicted octanol–water partition coefficient (Wildman–Crippen LogP) is 4.72. The van der Waals surface area contributed by atoms with E-state index in [2.05, 4.69) is 21.2 Å². The van der Waals surface area contributed by atoms with Crippen molar-refractivity contribution < 1.29 is 13.9 Å². The highest BCUT2D eigenvalue weighted by Gasteiger charge is 2.35. The number of hydrogen-bond acceptors (Lipinski definition) is 2. The lowest BCUT2D eigenvalue weighted by Gasteiger charge is -2.38. The van der Waals surface area contributed by atoms with Gasteiger partial charge in [0.1, 0.15) is 5.82 Å². The van der Waals surface area contributed by atoms with Crippen LogP contribution in [0.1, 0.15) is 28.8 Å². The zero-order valence-electron chi connectivity index (χ0n) is 13.5. The van der Waals surface area contributed by atoms with E-state index in [9.17, 15) is 9.18 Å².